The number of hydrogen-bond acceptors (Lipinski definition) is 7. The molecule has 1 saturated heterocycles. The Kier molecular flexibility index (Phi) is 7.39. The van der Waals surface area contributed by atoms with Gasteiger partial charge in [0, 0.05) is 35.7 Å². The number of aryl methyl sites for hydroxylation is 1. The Bertz CT molecular complexity index is 1400. The maximum Gasteiger partial charge on any atom is 0.263 e. The van der Waals surface area contributed by atoms with Crippen molar-refractivity contribution in [2.75, 3.05) is 24.2 Å². The van der Waals surface area contributed by atoms with Crippen molar-refractivity contribution in [3.63, 3.8) is 0 Å². The van der Waals surface area contributed by atoms with E-state index in [-0.39, 0.29) is 29.2 Å². The quantitative estimate of drug-likeness (QED) is 0.367. The fraction of sp³-hybridized carbons (Fsp3) is 0.440. The highest BCUT2D eigenvalue weighted by Crippen LogP contribution is 2.34. The molecule has 0 bridgehead atoms. The van der Waals surface area contributed by atoms with Gasteiger partial charge in [-0.1, -0.05) is 29.4 Å². The minimum absolute atomic E-state index is 0.0269. The lowest BCUT2D eigenvalue weighted by Gasteiger charge is -2.25. The maximum atomic E-state index is 13.8. The number of carbonyl (C=O) groups is 2. The number of halogens is 1. The van der Waals surface area contributed by atoms with E-state index in [0.29, 0.717) is 58.7 Å². The number of aromatic nitrogens is 2. The molecule has 2 aliphatic heterocycles. The van der Waals surface area contributed by atoms with Gasteiger partial charge in [0.25, 0.3) is 5.56 Å². The maximum absolute atomic E-state index is 13.8. The average molecular weight is 547 g/mol. The minimum Gasteiger partial charge on any atom is -0.376 e. The summed E-state index contributed by atoms with van der Waals surface area (Å²) < 4.78 is 7.48. The van der Waals surface area contributed by atoms with E-state index >= 15 is 0 Å². The molecule has 8 nitrogen and oxygen atoms in total. The molecular weight excluding hydrogens is 520 g/mol. The van der Waals surface area contributed by atoms with Crippen molar-refractivity contribution in [3.05, 3.63) is 49.6 Å². The van der Waals surface area contributed by atoms with Crippen LogP contribution in [-0.2, 0) is 33.8 Å². The molecule has 0 spiro atoms. The third kappa shape index (κ3) is 5.18. The summed E-state index contributed by atoms with van der Waals surface area (Å²) in [4.78, 5) is 46.7. The van der Waals surface area contributed by atoms with Crippen LogP contribution in [0.5, 0.6) is 0 Å². The van der Waals surface area contributed by atoms with Crippen LogP contribution < -0.4 is 10.9 Å². The van der Waals surface area contributed by atoms with E-state index in [1.807, 2.05) is 13.0 Å². The van der Waals surface area contributed by atoms with Crippen LogP contribution >= 0.6 is 34.7 Å². The van der Waals surface area contributed by atoms with E-state index in [9.17, 15) is 14.4 Å². The molecule has 2 amide bonds. The Balaban J connectivity index is 1.45. The predicted molar refractivity (Wildman–Crippen MR) is 143 cm³/mol. The van der Waals surface area contributed by atoms with E-state index in [1.54, 1.807) is 28.5 Å². The third-order valence-electron chi connectivity index (χ3n) is 6.59. The van der Waals surface area contributed by atoms with Crippen LogP contribution in [0.1, 0.15) is 35.8 Å². The zero-order valence-electron chi connectivity index (χ0n) is 20.1. The lowest BCUT2D eigenvalue weighted by molar-refractivity contribution is -0.129. The molecule has 3 aromatic rings. The molecule has 1 fully saturated rings. The van der Waals surface area contributed by atoms with Crippen LogP contribution in [0, 0.1) is 6.92 Å². The first-order valence-corrected chi connectivity index (χ1v) is 14.1. The molecule has 1 N–H and O–H groups in total. The number of rotatable bonds is 6. The smallest absolute Gasteiger partial charge is 0.263 e. The highest BCUT2D eigenvalue weighted by molar-refractivity contribution is 7.99. The number of anilines is 1. The number of nitrogens with zero attached hydrogens (tertiary/aromatic N) is 3. The summed E-state index contributed by atoms with van der Waals surface area (Å²) in [5.41, 5.74) is 2.47. The van der Waals surface area contributed by atoms with E-state index in [0.717, 1.165) is 28.8 Å². The van der Waals surface area contributed by atoms with E-state index in [4.69, 9.17) is 21.3 Å². The summed E-state index contributed by atoms with van der Waals surface area (Å²) in [5, 5.41) is 4.59. The second kappa shape index (κ2) is 10.5. The molecule has 190 valence electrons. The Labute approximate surface area is 222 Å². The van der Waals surface area contributed by atoms with Gasteiger partial charge < -0.3 is 15.0 Å². The number of nitrogens with one attached hydrogen (secondary N) is 1. The third-order valence-corrected chi connectivity index (χ3v) is 8.91. The fourth-order valence-corrected chi connectivity index (χ4v) is 6.89. The summed E-state index contributed by atoms with van der Waals surface area (Å²) in [6.45, 7) is 5.66. The van der Waals surface area contributed by atoms with E-state index in [2.05, 4.69) is 5.32 Å². The summed E-state index contributed by atoms with van der Waals surface area (Å²) in [6.07, 6.45) is 2.44. The number of thiophene rings is 1. The van der Waals surface area contributed by atoms with Gasteiger partial charge in [0.2, 0.25) is 11.8 Å². The van der Waals surface area contributed by atoms with Crippen molar-refractivity contribution < 1.29 is 14.3 Å². The molecule has 2 aromatic heterocycles. The van der Waals surface area contributed by atoms with Gasteiger partial charge in [-0.15, -0.1) is 11.3 Å². The van der Waals surface area contributed by atoms with Gasteiger partial charge in [-0.25, -0.2) is 4.98 Å². The topological polar surface area (TPSA) is 93.5 Å². The average Bonchev–Trinajstić information content (AvgIpc) is 3.49. The second-order valence-corrected chi connectivity index (χ2v) is 11.6. The molecule has 0 unspecified atom stereocenters. The Morgan fingerprint density at radius 1 is 1.36 bits per heavy atom. The van der Waals surface area contributed by atoms with Gasteiger partial charge in [0.1, 0.15) is 4.83 Å². The van der Waals surface area contributed by atoms with Crippen molar-refractivity contribution >= 4 is 62.4 Å². The van der Waals surface area contributed by atoms with Crippen LogP contribution in [0.2, 0.25) is 5.02 Å². The number of carbonyl (C=O) groups excluding carboxylic acids is 2. The van der Waals surface area contributed by atoms with Crippen LogP contribution in [-0.4, -0.2) is 51.3 Å². The van der Waals surface area contributed by atoms with Crippen LogP contribution in [0.15, 0.2) is 28.2 Å². The first-order valence-electron chi connectivity index (χ1n) is 11.9. The molecular formula is C25H27ClN4O4S2. The molecule has 36 heavy (non-hydrogen) atoms. The number of ether oxygens (including phenoxy) is 1. The number of benzene rings is 1. The van der Waals surface area contributed by atoms with Crippen molar-refractivity contribution in [3.8, 4) is 0 Å². The molecule has 0 aliphatic carbocycles. The van der Waals surface area contributed by atoms with Crippen LogP contribution in [0.4, 0.5) is 5.69 Å². The molecule has 5 rings (SSSR count). The highest BCUT2D eigenvalue weighted by Gasteiger charge is 2.27. The largest absolute Gasteiger partial charge is 0.376 e. The molecule has 4 heterocycles. The Morgan fingerprint density at radius 3 is 2.94 bits per heavy atom. The molecule has 1 aromatic carbocycles. The molecule has 2 aliphatic rings. The molecule has 1 atom stereocenters. The lowest BCUT2D eigenvalue weighted by atomic mass is 10.1. The monoisotopic (exact) mass is 546 g/mol. The van der Waals surface area contributed by atoms with Crippen molar-refractivity contribution in [1.82, 2.24) is 14.5 Å². The van der Waals surface area contributed by atoms with Gasteiger partial charge in [-0.2, -0.15) is 0 Å². The summed E-state index contributed by atoms with van der Waals surface area (Å²) >= 11 is 8.78. The van der Waals surface area contributed by atoms with Gasteiger partial charge in [-0.05, 0) is 49.4 Å². The standard InChI is InChI=1S/C25H27ClN4O4S2/c1-14-5-6-16(26)10-19(14)27-21(32)13-35-25-28-23-22(24(33)30(25)11-17-4-3-9-34-17)18-7-8-29(15(2)31)12-20(18)36-23/h5-6,10,17H,3-4,7-9,11-13H2,1-2H3,(H,27,32)/t17-/m1/s1. The highest BCUT2D eigenvalue weighted by atomic mass is 35.5. The first-order chi connectivity index (χ1) is 17.3. The number of fused-ring (bicyclic) bond motifs is 3. The van der Waals surface area contributed by atoms with Crippen molar-refractivity contribution in [2.45, 2.75) is 57.5 Å². The second-order valence-electron chi connectivity index (χ2n) is 9.12. The van der Waals surface area contributed by atoms with Gasteiger partial charge in [-0.3, -0.25) is 19.0 Å². The summed E-state index contributed by atoms with van der Waals surface area (Å²) in [7, 11) is 0. The molecule has 0 radical (unpaired) electrons. The van der Waals surface area contributed by atoms with Gasteiger partial charge in [0.05, 0.1) is 30.3 Å². The van der Waals surface area contributed by atoms with Crippen LogP contribution in [0.25, 0.3) is 10.2 Å². The minimum atomic E-state index is -0.203. The predicted octanol–water partition coefficient (Wildman–Crippen LogP) is 4.23. The zero-order valence-corrected chi connectivity index (χ0v) is 22.5. The SMILES string of the molecule is CC(=O)N1CCc2c(sc3nc(SCC(=O)Nc4cc(Cl)ccc4C)n(C[C@H]4CCCO4)c(=O)c23)C1. The number of thioether (sulfide) groups is 1. The van der Waals surface area contributed by atoms with Gasteiger partial charge in [0.15, 0.2) is 5.16 Å². The lowest BCUT2D eigenvalue weighted by Crippen LogP contribution is -2.34. The normalized spacial score (nSPS) is 17.4. The molecule has 11 heteroatoms. The van der Waals surface area contributed by atoms with E-state index in [1.165, 1.54) is 23.1 Å². The van der Waals surface area contributed by atoms with Crippen molar-refractivity contribution in [1.29, 1.82) is 0 Å². The summed E-state index contributed by atoms with van der Waals surface area (Å²) in [5.74, 6) is -0.0801. The molecule has 0 saturated carbocycles. The number of hydrogen-bond donors (Lipinski definition) is 1. The van der Waals surface area contributed by atoms with Gasteiger partial charge >= 0.3 is 0 Å². The fourth-order valence-electron chi connectivity index (χ4n) is 4.63. The van der Waals surface area contributed by atoms with Crippen molar-refractivity contribution in [2.24, 2.45) is 0 Å². The Hall–Kier alpha value is -2.40. The first kappa shape index (κ1) is 25.3. The Morgan fingerprint density at radius 2 is 2.19 bits per heavy atom. The van der Waals surface area contributed by atoms with Crippen LogP contribution in [0.3, 0.4) is 0 Å². The summed E-state index contributed by atoms with van der Waals surface area (Å²) in [6, 6.07) is 5.35. The zero-order chi connectivity index (χ0) is 25.4. The van der Waals surface area contributed by atoms with E-state index < -0.39 is 0 Å². The number of amides is 2.